The zero-order valence-electron chi connectivity index (χ0n) is 18.2. The first-order valence-corrected chi connectivity index (χ1v) is 11.3. The molecule has 0 atom stereocenters. The number of piperidine rings is 1. The van der Waals surface area contributed by atoms with Gasteiger partial charge in [-0.2, -0.15) is 0 Å². The monoisotopic (exact) mass is 421 g/mol. The zero-order chi connectivity index (χ0) is 21.6. The molecule has 6 nitrogen and oxygen atoms in total. The summed E-state index contributed by atoms with van der Waals surface area (Å²) in [6.07, 6.45) is 3.98. The van der Waals surface area contributed by atoms with E-state index in [-0.39, 0.29) is 11.7 Å². The summed E-state index contributed by atoms with van der Waals surface area (Å²) in [6, 6.07) is 17.6. The van der Waals surface area contributed by atoms with E-state index in [9.17, 15) is 9.59 Å². The molecule has 4 rings (SSSR count). The number of fused-ring (bicyclic) bond motifs is 1. The highest BCUT2D eigenvalue weighted by Gasteiger charge is 2.27. The van der Waals surface area contributed by atoms with Crippen molar-refractivity contribution < 1.29 is 9.21 Å². The van der Waals surface area contributed by atoms with Crippen molar-refractivity contribution in [2.24, 2.45) is 0 Å². The molecule has 0 bridgehead atoms. The number of aromatic nitrogens is 1. The van der Waals surface area contributed by atoms with Crippen LogP contribution >= 0.6 is 0 Å². The van der Waals surface area contributed by atoms with Crippen molar-refractivity contribution in [2.75, 3.05) is 26.2 Å². The molecular formula is C25H31N3O3. The minimum absolute atomic E-state index is 0.132. The van der Waals surface area contributed by atoms with Crippen LogP contribution in [-0.2, 0) is 6.54 Å². The number of likely N-dealkylation sites (tertiary alicyclic amines) is 1. The largest absolute Gasteiger partial charge is 0.419 e. The molecule has 0 aliphatic carbocycles. The average molecular weight is 422 g/mol. The Hall–Kier alpha value is -2.86. The second-order valence-corrected chi connectivity index (χ2v) is 8.27. The van der Waals surface area contributed by atoms with Gasteiger partial charge in [0, 0.05) is 37.8 Å². The molecule has 1 amide bonds. The lowest BCUT2D eigenvalue weighted by Gasteiger charge is -2.38. The van der Waals surface area contributed by atoms with Gasteiger partial charge in [0.2, 0.25) is 0 Å². The minimum Gasteiger partial charge on any atom is -0.408 e. The second kappa shape index (κ2) is 9.96. The molecular weight excluding hydrogens is 390 g/mol. The van der Waals surface area contributed by atoms with Crippen molar-refractivity contribution in [1.82, 2.24) is 14.4 Å². The summed E-state index contributed by atoms with van der Waals surface area (Å²) in [6.45, 7) is 6.43. The summed E-state index contributed by atoms with van der Waals surface area (Å²) in [5.41, 5.74) is 2.28. The van der Waals surface area contributed by atoms with Gasteiger partial charge in [0.1, 0.15) is 0 Å². The average Bonchev–Trinajstić information content (AvgIpc) is 3.14. The fourth-order valence-corrected chi connectivity index (χ4v) is 4.62. The third-order valence-corrected chi connectivity index (χ3v) is 6.20. The lowest BCUT2D eigenvalue weighted by molar-refractivity contribution is 0.0615. The number of nitrogens with zero attached hydrogens (tertiary/aromatic N) is 3. The summed E-state index contributed by atoms with van der Waals surface area (Å²) in [5.74, 6) is -0.150. The molecule has 2 aromatic carbocycles. The fourth-order valence-electron chi connectivity index (χ4n) is 4.62. The Morgan fingerprint density at radius 1 is 1.03 bits per heavy atom. The smallest absolute Gasteiger partial charge is 0.408 e. The molecule has 31 heavy (non-hydrogen) atoms. The van der Waals surface area contributed by atoms with Crippen LogP contribution in [0.2, 0.25) is 0 Å². The van der Waals surface area contributed by atoms with Crippen LogP contribution in [0.25, 0.3) is 11.1 Å². The summed E-state index contributed by atoms with van der Waals surface area (Å²) >= 11 is 0. The number of rotatable bonds is 8. The number of amides is 1. The standard InChI is InChI=1S/C25H31N3O3/c1-2-15-26(16-8-17-28-22-11-6-7-12-23(22)31-25(28)30)21-13-18-27(19-14-21)24(29)20-9-4-3-5-10-20/h3-7,9-12,21H,2,8,13-19H2,1H3. The zero-order valence-corrected chi connectivity index (χ0v) is 18.2. The van der Waals surface area contributed by atoms with E-state index in [0.29, 0.717) is 18.2 Å². The van der Waals surface area contributed by atoms with Gasteiger partial charge in [-0.15, -0.1) is 0 Å². The van der Waals surface area contributed by atoms with E-state index in [4.69, 9.17) is 4.42 Å². The molecule has 3 aromatic rings. The first kappa shape index (κ1) is 21.4. The molecule has 0 radical (unpaired) electrons. The third kappa shape index (κ3) is 4.90. The molecule has 6 heteroatoms. The van der Waals surface area contributed by atoms with Gasteiger partial charge in [0.05, 0.1) is 5.52 Å². The van der Waals surface area contributed by atoms with E-state index in [1.807, 2.05) is 59.5 Å². The SMILES string of the molecule is CCCN(CCCn1c(=O)oc2ccccc21)C1CCN(C(=O)c2ccccc2)CC1. The maximum absolute atomic E-state index is 12.7. The third-order valence-electron chi connectivity index (χ3n) is 6.20. The van der Waals surface area contributed by atoms with Crippen molar-refractivity contribution in [3.63, 3.8) is 0 Å². The van der Waals surface area contributed by atoms with Crippen molar-refractivity contribution in [3.8, 4) is 0 Å². The van der Waals surface area contributed by atoms with Gasteiger partial charge in [-0.05, 0) is 56.5 Å². The highest BCUT2D eigenvalue weighted by molar-refractivity contribution is 5.94. The van der Waals surface area contributed by atoms with Gasteiger partial charge < -0.3 is 14.2 Å². The predicted octanol–water partition coefficient (Wildman–Crippen LogP) is 4.00. The topological polar surface area (TPSA) is 58.7 Å². The molecule has 1 aliphatic heterocycles. The van der Waals surface area contributed by atoms with Crippen LogP contribution in [0.4, 0.5) is 0 Å². The predicted molar refractivity (Wildman–Crippen MR) is 122 cm³/mol. The molecule has 164 valence electrons. The van der Waals surface area contributed by atoms with Crippen LogP contribution in [0.1, 0.15) is 43.0 Å². The summed E-state index contributed by atoms with van der Waals surface area (Å²) < 4.78 is 7.08. The first-order chi connectivity index (χ1) is 15.2. The Morgan fingerprint density at radius 3 is 2.48 bits per heavy atom. The van der Waals surface area contributed by atoms with E-state index >= 15 is 0 Å². The highest BCUT2D eigenvalue weighted by Crippen LogP contribution is 2.20. The molecule has 0 N–H and O–H groups in total. The van der Waals surface area contributed by atoms with Gasteiger partial charge >= 0.3 is 5.76 Å². The number of carbonyl (C=O) groups excluding carboxylic acids is 1. The molecule has 1 aromatic heterocycles. The van der Waals surface area contributed by atoms with Crippen LogP contribution in [0.15, 0.2) is 63.8 Å². The molecule has 1 aliphatic rings. The Bertz CT molecular complexity index is 1050. The van der Waals surface area contributed by atoms with Crippen LogP contribution in [0.5, 0.6) is 0 Å². The van der Waals surface area contributed by atoms with Crippen LogP contribution in [0, 0.1) is 0 Å². The molecule has 0 saturated carbocycles. The fraction of sp³-hybridized carbons (Fsp3) is 0.440. The van der Waals surface area contributed by atoms with Gasteiger partial charge in [-0.1, -0.05) is 37.3 Å². The molecule has 0 spiro atoms. The normalized spacial score (nSPS) is 15.1. The lowest BCUT2D eigenvalue weighted by atomic mass is 10.0. The summed E-state index contributed by atoms with van der Waals surface area (Å²) in [7, 11) is 0. The van der Waals surface area contributed by atoms with E-state index in [0.717, 1.165) is 62.9 Å². The Kier molecular flexibility index (Phi) is 6.87. The number of oxazole rings is 1. The van der Waals surface area contributed by atoms with Gasteiger partial charge in [0.15, 0.2) is 5.58 Å². The van der Waals surface area contributed by atoms with E-state index in [1.165, 1.54) is 0 Å². The second-order valence-electron chi connectivity index (χ2n) is 8.27. The maximum atomic E-state index is 12.7. The van der Waals surface area contributed by atoms with Crippen molar-refractivity contribution in [3.05, 3.63) is 70.7 Å². The summed E-state index contributed by atoms with van der Waals surface area (Å²) in [4.78, 5) is 29.4. The van der Waals surface area contributed by atoms with E-state index < -0.39 is 0 Å². The molecule has 1 fully saturated rings. The molecule has 2 heterocycles. The Labute approximate surface area is 183 Å². The van der Waals surface area contributed by atoms with Crippen LogP contribution in [-0.4, -0.2) is 52.5 Å². The van der Waals surface area contributed by atoms with Crippen molar-refractivity contribution in [1.29, 1.82) is 0 Å². The van der Waals surface area contributed by atoms with Gasteiger partial charge in [0.25, 0.3) is 5.91 Å². The van der Waals surface area contributed by atoms with Crippen molar-refractivity contribution in [2.45, 2.75) is 45.2 Å². The molecule has 0 unspecified atom stereocenters. The van der Waals surface area contributed by atoms with E-state index in [1.54, 1.807) is 4.57 Å². The number of hydrogen-bond acceptors (Lipinski definition) is 4. The number of aryl methyl sites for hydroxylation is 1. The number of hydrogen-bond donors (Lipinski definition) is 0. The summed E-state index contributed by atoms with van der Waals surface area (Å²) in [5, 5.41) is 0. The van der Waals surface area contributed by atoms with Gasteiger partial charge in [-0.25, -0.2) is 4.79 Å². The van der Waals surface area contributed by atoms with Crippen molar-refractivity contribution >= 4 is 17.0 Å². The number of para-hydroxylation sites is 2. The number of benzene rings is 2. The quantitative estimate of drug-likeness (QED) is 0.552. The first-order valence-electron chi connectivity index (χ1n) is 11.3. The maximum Gasteiger partial charge on any atom is 0.419 e. The van der Waals surface area contributed by atoms with Crippen LogP contribution < -0.4 is 5.76 Å². The van der Waals surface area contributed by atoms with Gasteiger partial charge in [-0.3, -0.25) is 9.36 Å². The number of carbonyl (C=O) groups is 1. The molecule has 1 saturated heterocycles. The van der Waals surface area contributed by atoms with Crippen LogP contribution in [0.3, 0.4) is 0 Å². The Balaban J connectivity index is 1.32. The minimum atomic E-state index is -0.282. The lowest BCUT2D eigenvalue weighted by Crippen LogP contribution is -2.47. The van der Waals surface area contributed by atoms with E-state index in [2.05, 4.69) is 11.8 Å². The Morgan fingerprint density at radius 2 is 1.74 bits per heavy atom. The highest BCUT2D eigenvalue weighted by atomic mass is 16.4.